The number of carbonyl (C=O) groups is 1. The van der Waals surface area contributed by atoms with Gasteiger partial charge in [0.25, 0.3) is 18.0 Å². The van der Waals surface area contributed by atoms with Gasteiger partial charge in [-0.2, -0.15) is 0 Å². The van der Waals surface area contributed by atoms with Gasteiger partial charge in [-0.25, -0.2) is 8.78 Å². The summed E-state index contributed by atoms with van der Waals surface area (Å²) in [6, 6.07) is 0. The van der Waals surface area contributed by atoms with Crippen molar-refractivity contribution in [2.24, 2.45) is 5.73 Å². The van der Waals surface area contributed by atoms with E-state index in [2.05, 4.69) is 4.98 Å². The van der Waals surface area contributed by atoms with Crippen molar-refractivity contribution in [3.63, 3.8) is 0 Å². The number of nitrogens with zero attached hydrogens (tertiary/aromatic N) is 2. The van der Waals surface area contributed by atoms with Gasteiger partial charge in [-0.3, -0.25) is 19.9 Å². The van der Waals surface area contributed by atoms with Gasteiger partial charge < -0.3 is 5.73 Å². The highest BCUT2D eigenvalue weighted by Crippen LogP contribution is 2.29. The van der Waals surface area contributed by atoms with Gasteiger partial charge in [0.2, 0.25) is 0 Å². The first-order valence-corrected chi connectivity index (χ1v) is 4.08. The Morgan fingerprint density at radius 3 is 2.56 bits per heavy atom. The summed E-state index contributed by atoms with van der Waals surface area (Å²) in [5.41, 5.74) is 2.60. The van der Waals surface area contributed by atoms with E-state index in [1.54, 1.807) is 0 Å². The Labute approximate surface area is 88.2 Å². The molecule has 0 fully saturated rings. The fourth-order valence-corrected chi connectivity index (χ4v) is 1.25. The molecule has 0 aliphatic rings. The maximum atomic E-state index is 12.4. The molecule has 0 saturated heterocycles. The quantitative estimate of drug-likeness (QED) is 0.626. The molecule has 0 atom stereocenters. The molecule has 1 aromatic heterocycles. The summed E-state index contributed by atoms with van der Waals surface area (Å²) < 4.78 is 24.8. The third-order valence-corrected chi connectivity index (χ3v) is 1.98. The molecule has 0 unspecified atom stereocenters. The maximum Gasteiger partial charge on any atom is 0.288 e. The van der Waals surface area contributed by atoms with Crippen LogP contribution in [0.25, 0.3) is 0 Å². The van der Waals surface area contributed by atoms with E-state index < -0.39 is 34.2 Å². The van der Waals surface area contributed by atoms with E-state index >= 15 is 0 Å². The first-order chi connectivity index (χ1) is 7.36. The van der Waals surface area contributed by atoms with E-state index in [1.807, 2.05) is 0 Å². The number of rotatable bonds is 3. The van der Waals surface area contributed by atoms with Gasteiger partial charge in [-0.15, -0.1) is 0 Å². The minimum absolute atomic E-state index is 0.351. The number of amides is 1. The lowest BCUT2D eigenvalue weighted by molar-refractivity contribution is -0.385. The monoisotopic (exact) mass is 231 g/mol. The molecule has 6 nitrogen and oxygen atoms in total. The van der Waals surface area contributed by atoms with Crippen LogP contribution in [-0.4, -0.2) is 15.8 Å². The topological polar surface area (TPSA) is 99.1 Å². The standard InChI is InChI=1S/C8H7F2N3O3/c1-3-5(7(9)10)12-2-4(8(11)14)6(3)13(15)16/h2,7H,1H3,(H2,11,14). The van der Waals surface area contributed by atoms with Crippen molar-refractivity contribution in [3.8, 4) is 0 Å². The normalized spacial score (nSPS) is 10.5. The highest BCUT2D eigenvalue weighted by atomic mass is 19.3. The number of hydrogen-bond donors (Lipinski definition) is 1. The number of carbonyl (C=O) groups excluding carboxylic acids is 1. The van der Waals surface area contributed by atoms with Crippen molar-refractivity contribution in [3.05, 3.63) is 33.1 Å². The summed E-state index contributed by atoms with van der Waals surface area (Å²) in [4.78, 5) is 23.9. The van der Waals surface area contributed by atoms with Gasteiger partial charge in [-0.1, -0.05) is 0 Å². The third-order valence-electron chi connectivity index (χ3n) is 1.98. The molecule has 0 saturated carbocycles. The van der Waals surface area contributed by atoms with Crippen molar-refractivity contribution >= 4 is 11.6 Å². The second-order valence-electron chi connectivity index (χ2n) is 2.95. The van der Waals surface area contributed by atoms with Gasteiger partial charge in [0.05, 0.1) is 10.5 Å². The van der Waals surface area contributed by atoms with Gasteiger partial charge in [0.15, 0.2) is 0 Å². The van der Waals surface area contributed by atoms with Crippen LogP contribution in [-0.2, 0) is 0 Å². The molecule has 0 radical (unpaired) electrons. The summed E-state index contributed by atoms with van der Waals surface area (Å²) in [6.07, 6.45) is -2.25. The second kappa shape index (κ2) is 4.17. The molecule has 0 bridgehead atoms. The summed E-state index contributed by atoms with van der Waals surface area (Å²) in [7, 11) is 0. The van der Waals surface area contributed by atoms with Crippen molar-refractivity contribution in [1.82, 2.24) is 4.98 Å². The molecule has 2 N–H and O–H groups in total. The lowest BCUT2D eigenvalue weighted by Gasteiger charge is -2.06. The molecule has 8 heteroatoms. The zero-order valence-electron chi connectivity index (χ0n) is 8.11. The first-order valence-electron chi connectivity index (χ1n) is 4.08. The van der Waals surface area contributed by atoms with E-state index in [4.69, 9.17) is 5.73 Å². The molecule has 0 spiro atoms. The smallest absolute Gasteiger partial charge is 0.288 e. The number of aromatic nitrogens is 1. The van der Waals surface area contributed by atoms with Crippen molar-refractivity contribution < 1.29 is 18.5 Å². The van der Waals surface area contributed by atoms with E-state index in [-0.39, 0.29) is 5.56 Å². The Hall–Kier alpha value is -2.12. The van der Waals surface area contributed by atoms with Crippen molar-refractivity contribution in [2.75, 3.05) is 0 Å². The van der Waals surface area contributed by atoms with Gasteiger partial charge >= 0.3 is 0 Å². The molecule has 86 valence electrons. The number of nitrogens with two attached hydrogens (primary N) is 1. The van der Waals surface area contributed by atoms with E-state index in [9.17, 15) is 23.7 Å². The van der Waals surface area contributed by atoms with E-state index in [1.165, 1.54) is 0 Å². The Morgan fingerprint density at radius 1 is 1.62 bits per heavy atom. The number of primary amides is 1. The predicted molar refractivity (Wildman–Crippen MR) is 49.1 cm³/mol. The average molecular weight is 231 g/mol. The molecule has 16 heavy (non-hydrogen) atoms. The molecular formula is C8H7F2N3O3. The minimum atomic E-state index is -2.94. The summed E-state index contributed by atoms with van der Waals surface area (Å²) in [5.74, 6) is -1.08. The third kappa shape index (κ3) is 1.95. The Balaban J connectivity index is 3.54. The number of alkyl halides is 2. The van der Waals surface area contributed by atoms with Crippen LogP contribution in [0.1, 0.15) is 28.0 Å². The van der Waals surface area contributed by atoms with Crippen LogP contribution in [0.15, 0.2) is 6.20 Å². The molecular weight excluding hydrogens is 224 g/mol. The second-order valence-corrected chi connectivity index (χ2v) is 2.95. The van der Waals surface area contributed by atoms with Crippen LogP contribution in [0.2, 0.25) is 0 Å². The Kier molecular flexibility index (Phi) is 3.11. The summed E-state index contributed by atoms with van der Waals surface area (Å²) in [6.45, 7) is 1.10. The van der Waals surface area contributed by atoms with Crippen LogP contribution in [0, 0.1) is 17.0 Å². The maximum absolute atomic E-state index is 12.4. The molecule has 1 rings (SSSR count). The number of halogens is 2. The van der Waals surface area contributed by atoms with Crippen molar-refractivity contribution in [1.29, 1.82) is 0 Å². The summed E-state index contributed by atoms with van der Waals surface area (Å²) in [5, 5.41) is 10.6. The average Bonchev–Trinajstić information content (AvgIpc) is 2.15. The zero-order chi connectivity index (χ0) is 12.5. The molecule has 0 aromatic carbocycles. The van der Waals surface area contributed by atoms with E-state index in [0.29, 0.717) is 6.20 Å². The minimum Gasteiger partial charge on any atom is -0.365 e. The van der Waals surface area contributed by atoms with Gasteiger partial charge in [0, 0.05) is 6.20 Å². The highest BCUT2D eigenvalue weighted by Gasteiger charge is 2.27. The van der Waals surface area contributed by atoms with Crippen LogP contribution in [0.5, 0.6) is 0 Å². The number of pyridine rings is 1. The lowest BCUT2D eigenvalue weighted by atomic mass is 10.1. The SMILES string of the molecule is Cc1c(C(F)F)ncc(C(N)=O)c1[N+](=O)[O-]. The van der Waals surface area contributed by atoms with Crippen LogP contribution < -0.4 is 5.73 Å². The van der Waals surface area contributed by atoms with Crippen LogP contribution in [0.3, 0.4) is 0 Å². The van der Waals surface area contributed by atoms with Gasteiger partial charge in [-0.05, 0) is 6.92 Å². The molecule has 0 aliphatic heterocycles. The largest absolute Gasteiger partial charge is 0.365 e. The lowest BCUT2D eigenvalue weighted by Crippen LogP contribution is -2.16. The fourth-order valence-electron chi connectivity index (χ4n) is 1.25. The first kappa shape index (κ1) is 12.0. The highest BCUT2D eigenvalue weighted by molar-refractivity contribution is 5.97. The van der Waals surface area contributed by atoms with Crippen LogP contribution >= 0.6 is 0 Å². The zero-order valence-corrected chi connectivity index (χ0v) is 8.11. The number of nitro groups is 1. The predicted octanol–water partition coefficient (Wildman–Crippen LogP) is 1.33. The van der Waals surface area contributed by atoms with Crippen LogP contribution in [0.4, 0.5) is 14.5 Å². The molecule has 1 amide bonds. The Morgan fingerprint density at radius 2 is 2.19 bits per heavy atom. The molecule has 1 aromatic rings. The summed E-state index contributed by atoms with van der Waals surface area (Å²) >= 11 is 0. The van der Waals surface area contributed by atoms with E-state index in [0.717, 1.165) is 6.92 Å². The number of hydrogen-bond acceptors (Lipinski definition) is 4. The van der Waals surface area contributed by atoms with Crippen molar-refractivity contribution in [2.45, 2.75) is 13.3 Å². The Bertz CT molecular complexity index is 462. The molecule has 0 aliphatic carbocycles. The van der Waals surface area contributed by atoms with Gasteiger partial charge in [0.1, 0.15) is 11.3 Å². The fraction of sp³-hybridized carbons (Fsp3) is 0.250. The molecule has 1 heterocycles.